The van der Waals surface area contributed by atoms with Crippen LogP contribution in [0.1, 0.15) is 29.8 Å². The highest BCUT2D eigenvalue weighted by Crippen LogP contribution is 2.36. The van der Waals surface area contributed by atoms with Gasteiger partial charge in [0.2, 0.25) is 5.91 Å². The van der Waals surface area contributed by atoms with Crippen molar-refractivity contribution >= 4 is 11.8 Å². The van der Waals surface area contributed by atoms with E-state index in [1.807, 2.05) is 35.2 Å². The largest absolute Gasteiger partial charge is 0.355 e. The second-order valence-electron chi connectivity index (χ2n) is 7.43. The van der Waals surface area contributed by atoms with Gasteiger partial charge in [-0.15, -0.1) is 0 Å². The molecule has 2 N–H and O–H groups in total. The number of benzene rings is 1. The third-order valence-corrected chi connectivity index (χ3v) is 5.71. The van der Waals surface area contributed by atoms with Crippen LogP contribution in [-0.4, -0.2) is 54.6 Å². The summed E-state index contributed by atoms with van der Waals surface area (Å²) in [6, 6.07) is 11.0. The Labute approximate surface area is 158 Å². The van der Waals surface area contributed by atoms with Gasteiger partial charge < -0.3 is 20.1 Å². The summed E-state index contributed by atoms with van der Waals surface area (Å²) < 4.78 is 5.24. The van der Waals surface area contributed by atoms with Gasteiger partial charge in [0, 0.05) is 31.3 Å². The predicted octanol–water partition coefficient (Wildman–Crippen LogP) is 1.67. The molecule has 7 heteroatoms. The van der Waals surface area contributed by atoms with Crippen LogP contribution in [0.2, 0.25) is 0 Å². The molecule has 0 saturated carbocycles. The van der Waals surface area contributed by atoms with E-state index in [4.69, 9.17) is 4.52 Å². The first-order chi connectivity index (χ1) is 13.2. The summed E-state index contributed by atoms with van der Waals surface area (Å²) in [5.41, 5.74) is 1.40. The molecule has 27 heavy (non-hydrogen) atoms. The number of aromatic nitrogens is 1. The lowest BCUT2D eigenvalue weighted by molar-refractivity contribution is -0.132. The van der Waals surface area contributed by atoms with Crippen LogP contribution < -0.4 is 10.6 Å². The average molecular weight is 368 g/mol. The van der Waals surface area contributed by atoms with Gasteiger partial charge in [-0.05, 0) is 31.2 Å². The fourth-order valence-electron chi connectivity index (χ4n) is 3.93. The summed E-state index contributed by atoms with van der Waals surface area (Å²) in [5.74, 6) is 0.0808. The Morgan fingerprint density at radius 2 is 1.96 bits per heavy atom. The molecule has 0 aliphatic carbocycles. The summed E-state index contributed by atoms with van der Waals surface area (Å²) in [7, 11) is 0. The highest BCUT2D eigenvalue weighted by molar-refractivity contribution is 5.95. The fourth-order valence-corrected chi connectivity index (χ4v) is 3.93. The van der Waals surface area contributed by atoms with Crippen LogP contribution in [0, 0.1) is 5.41 Å². The standard InChI is InChI=1S/C20H24N4O3/c25-18(24-10-7-20(8-11-24)6-9-21-14-20)13-22-19(26)16-12-17(27-23-16)15-4-2-1-3-5-15/h1-5,12,21H,6-11,13-14H2,(H,22,26). The molecule has 2 aromatic rings. The minimum Gasteiger partial charge on any atom is -0.355 e. The molecule has 142 valence electrons. The van der Waals surface area contributed by atoms with Crippen LogP contribution in [0.25, 0.3) is 11.3 Å². The van der Waals surface area contributed by atoms with E-state index in [1.54, 1.807) is 6.07 Å². The lowest BCUT2D eigenvalue weighted by atomic mass is 9.78. The van der Waals surface area contributed by atoms with Gasteiger partial charge in [-0.3, -0.25) is 9.59 Å². The van der Waals surface area contributed by atoms with Gasteiger partial charge >= 0.3 is 0 Å². The summed E-state index contributed by atoms with van der Waals surface area (Å²) >= 11 is 0. The molecule has 2 aliphatic rings. The molecule has 0 atom stereocenters. The zero-order valence-corrected chi connectivity index (χ0v) is 15.2. The van der Waals surface area contributed by atoms with Crippen molar-refractivity contribution in [2.24, 2.45) is 5.41 Å². The molecule has 2 fully saturated rings. The molecule has 1 aromatic carbocycles. The molecule has 3 heterocycles. The monoisotopic (exact) mass is 368 g/mol. The smallest absolute Gasteiger partial charge is 0.273 e. The normalized spacial score (nSPS) is 18.6. The van der Waals surface area contributed by atoms with Gasteiger partial charge in [-0.1, -0.05) is 35.5 Å². The van der Waals surface area contributed by atoms with Crippen molar-refractivity contribution in [1.82, 2.24) is 20.7 Å². The van der Waals surface area contributed by atoms with Crippen molar-refractivity contribution < 1.29 is 14.1 Å². The number of piperidine rings is 1. The molecule has 1 aromatic heterocycles. The molecule has 7 nitrogen and oxygen atoms in total. The Morgan fingerprint density at radius 3 is 2.67 bits per heavy atom. The summed E-state index contributed by atoms with van der Waals surface area (Å²) in [6.45, 7) is 3.64. The zero-order valence-electron chi connectivity index (χ0n) is 15.2. The number of amides is 2. The number of hydrogen-bond acceptors (Lipinski definition) is 5. The average Bonchev–Trinajstić information content (AvgIpc) is 3.37. The second kappa shape index (κ2) is 7.52. The molecule has 2 aliphatic heterocycles. The van der Waals surface area contributed by atoms with Crippen LogP contribution in [0.3, 0.4) is 0 Å². The molecular weight excluding hydrogens is 344 g/mol. The number of likely N-dealkylation sites (tertiary alicyclic amines) is 1. The van der Waals surface area contributed by atoms with E-state index in [9.17, 15) is 9.59 Å². The molecule has 0 unspecified atom stereocenters. The van der Waals surface area contributed by atoms with Gasteiger partial charge in [0.05, 0.1) is 6.54 Å². The summed E-state index contributed by atoms with van der Waals surface area (Å²) in [5, 5.41) is 9.89. The Morgan fingerprint density at radius 1 is 1.19 bits per heavy atom. The maximum atomic E-state index is 12.4. The van der Waals surface area contributed by atoms with E-state index in [0.717, 1.165) is 44.6 Å². The van der Waals surface area contributed by atoms with E-state index >= 15 is 0 Å². The van der Waals surface area contributed by atoms with E-state index in [-0.39, 0.29) is 18.1 Å². The number of hydrogen-bond donors (Lipinski definition) is 2. The molecule has 1 spiro atoms. The zero-order chi connectivity index (χ0) is 18.7. The van der Waals surface area contributed by atoms with Crippen LogP contribution >= 0.6 is 0 Å². The number of rotatable bonds is 4. The maximum Gasteiger partial charge on any atom is 0.273 e. The van der Waals surface area contributed by atoms with E-state index in [1.165, 1.54) is 6.42 Å². The van der Waals surface area contributed by atoms with E-state index in [0.29, 0.717) is 11.2 Å². The SMILES string of the molecule is O=C(NCC(=O)N1CCC2(CCNC2)CC1)c1cc(-c2ccccc2)on1. The second-order valence-corrected chi connectivity index (χ2v) is 7.43. The predicted molar refractivity (Wildman–Crippen MR) is 100 cm³/mol. The van der Waals surface area contributed by atoms with Gasteiger partial charge in [0.15, 0.2) is 11.5 Å². The number of carbonyl (C=O) groups is 2. The third-order valence-electron chi connectivity index (χ3n) is 5.71. The number of carbonyl (C=O) groups excluding carboxylic acids is 2. The lowest BCUT2D eigenvalue weighted by Gasteiger charge is -2.38. The Bertz CT molecular complexity index is 802. The van der Waals surface area contributed by atoms with Crippen molar-refractivity contribution in [2.75, 3.05) is 32.7 Å². The fraction of sp³-hybridized carbons (Fsp3) is 0.450. The van der Waals surface area contributed by atoms with Crippen molar-refractivity contribution in [3.8, 4) is 11.3 Å². The Hall–Kier alpha value is -2.67. The number of nitrogens with zero attached hydrogens (tertiary/aromatic N) is 2. The summed E-state index contributed by atoms with van der Waals surface area (Å²) in [6.07, 6.45) is 3.26. The van der Waals surface area contributed by atoms with Gasteiger partial charge in [0.1, 0.15) is 0 Å². The van der Waals surface area contributed by atoms with Crippen LogP contribution in [0.5, 0.6) is 0 Å². The van der Waals surface area contributed by atoms with Crippen LogP contribution in [-0.2, 0) is 4.79 Å². The molecule has 2 saturated heterocycles. The summed E-state index contributed by atoms with van der Waals surface area (Å²) in [4.78, 5) is 26.5. The van der Waals surface area contributed by atoms with Crippen LogP contribution in [0.4, 0.5) is 0 Å². The maximum absolute atomic E-state index is 12.4. The molecule has 4 rings (SSSR count). The Balaban J connectivity index is 1.28. The van der Waals surface area contributed by atoms with Crippen LogP contribution in [0.15, 0.2) is 40.9 Å². The molecule has 2 amide bonds. The lowest BCUT2D eigenvalue weighted by Crippen LogP contribution is -2.47. The van der Waals surface area contributed by atoms with Gasteiger partial charge in [0.25, 0.3) is 5.91 Å². The highest BCUT2D eigenvalue weighted by atomic mass is 16.5. The highest BCUT2D eigenvalue weighted by Gasteiger charge is 2.37. The molecule has 0 radical (unpaired) electrons. The quantitative estimate of drug-likeness (QED) is 0.857. The topological polar surface area (TPSA) is 87.5 Å². The minimum absolute atomic E-state index is 0.0163. The molecule has 0 bridgehead atoms. The third kappa shape index (κ3) is 3.88. The first-order valence-corrected chi connectivity index (χ1v) is 9.44. The first kappa shape index (κ1) is 17.7. The molecular formula is C20H24N4O3. The first-order valence-electron chi connectivity index (χ1n) is 9.44. The minimum atomic E-state index is -0.400. The van der Waals surface area contributed by atoms with E-state index in [2.05, 4.69) is 15.8 Å². The van der Waals surface area contributed by atoms with Gasteiger partial charge in [-0.2, -0.15) is 0 Å². The number of nitrogens with one attached hydrogen (secondary N) is 2. The van der Waals surface area contributed by atoms with Crippen molar-refractivity contribution in [2.45, 2.75) is 19.3 Å². The van der Waals surface area contributed by atoms with Crippen molar-refractivity contribution in [1.29, 1.82) is 0 Å². The van der Waals surface area contributed by atoms with Crippen molar-refractivity contribution in [3.05, 3.63) is 42.1 Å². The van der Waals surface area contributed by atoms with Gasteiger partial charge in [-0.25, -0.2) is 0 Å². The Kier molecular flexibility index (Phi) is 4.94. The van der Waals surface area contributed by atoms with E-state index < -0.39 is 5.91 Å². The van der Waals surface area contributed by atoms with Crippen molar-refractivity contribution in [3.63, 3.8) is 0 Å².